The van der Waals surface area contributed by atoms with Gasteiger partial charge in [0.2, 0.25) is 0 Å². The molecule has 3 heteroatoms. The largest absolute Gasteiger partial charge is 0.490 e. The average molecular weight is 184 g/mol. The minimum Gasteiger partial charge on any atom is -0.490 e. The summed E-state index contributed by atoms with van der Waals surface area (Å²) in [4.78, 5) is 0. The van der Waals surface area contributed by atoms with Crippen LogP contribution in [0.3, 0.4) is 0 Å². The fraction of sp³-hybridized carbons (Fsp3) is 0.333. The predicted octanol–water partition coefficient (Wildman–Crippen LogP) is 2.23. The molecule has 1 aromatic carbocycles. The van der Waals surface area contributed by atoms with Crippen molar-refractivity contribution in [2.45, 2.75) is 5.88 Å². The van der Waals surface area contributed by atoms with Crippen LogP contribution < -0.4 is 10.1 Å². The van der Waals surface area contributed by atoms with Gasteiger partial charge in [-0.25, -0.2) is 0 Å². The third-order valence-electron chi connectivity index (χ3n) is 1.87. The molecule has 0 atom stereocenters. The zero-order chi connectivity index (χ0) is 8.39. The highest BCUT2D eigenvalue weighted by atomic mass is 35.5. The lowest BCUT2D eigenvalue weighted by atomic mass is 10.2. The molecule has 0 spiro atoms. The van der Waals surface area contributed by atoms with E-state index in [4.69, 9.17) is 16.3 Å². The Morgan fingerprint density at radius 1 is 1.50 bits per heavy atom. The van der Waals surface area contributed by atoms with Crippen molar-refractivity contribution >= 4 is 17.3 Å². The molecular weight excluding hydrogens is 174 g/mol. The van der Waals surface area contributed by atoms with Gasteiger partial charge in [-0.1, -0.05) is 6.07 Å². The summed E-state index contributed by atoms with van der Waals surface area (Å²) >= 11 is 5.70. The summed E-state index contributed by atoms with van der Waals surface area (Å²) in [6.45, 7) is 1.62. The number of hydrogen-bond acceptors (Lipinski definition) is 2. The van der Waals surface area contributed by atoms with Gasteiger partial charge >= 0.3 is 0 Å². The number of halogens is 1. The number of rotatable bonds is 1. The molecule has 0 aliphatic carbocycles. The van der Waals surface area contributed by atoms with Crippen molar-refractivity contribution in [2.24, 2.45) is 0 Å². The molecule has 1 N–H and O–H groups in total. The van der Waals surface area contributed by atoms with Crippen LogP contribution in [0, 0.1) is 0 Å². The second-order valence-electron chi connectivity index (χ2n) is 2.74. The van der Waals surface area contributed by atoms with Crippen molar-refractivity contribution in [1.82, 2.24) is 0 Å². The number of ether oxygens (including phenoxy) is 1. The number of anilines is 1. The fourth-order valence-corrected chi connectivity index (χ4v) is 1.44. The highest BCUT2D eigenvalue weighted by Gasteiger charge is 2.08. The van der Waals surface area contributed by atoms with Gasteiger partial charge in [0.1, 0.15) is 12.4 Å². The van der Waals surface area contributed by atoms with E-state index in [0.717, 1.165) is 30.2 Å². The maximum Gasteiger partial charge on any atom is 0.142 e. The number of hydrogen-bond donors (Lipinski definition) is 1. The van der Waals surface area contributed by atoms with Gasteiger partial charge in [0.05, 0.1) is 5.69 Å². The van der Waals surface area contributed by atoms with Gasteiger partial charge in [0.15, 0.2) is 0 Å². The number of benzene rings is 1. The second-order valence-corrected chi connectivity index (χ2v) is 3.01. The van der Waals surface area contributed by atoms with Gasteiger partial charge in [0, 0.05) is 12.4 Å². The van der Waals surface area contributed by atoms with Gasteiger partial charge in [-0.2, -0.15) is 0 Å². The molecular formula is C9H10ClNO. The van der Waals surface area contributed by atoms with E-state index in [9.17, 15) is 0 Å². The first-order chi connectivity index (χ1) is 5.90. The van der Waals surface area contributed by atoms with Gasteiger partial charge < -0.3 is 10.1 Å². The first-order valence-corrected chi connectivity index (χ1v) is 4.49. The quantitative estimate of drug-likeness (QED) is 0.675. The summed E-state index contributed by atoms with van der Waals surface area (Å²) < 4.78 is 5.42. The molecule has 2 rings (SSSR count). The molecule has 0 bridgehead atoms. The van der Waals surface area contributed by atoms with E-state index in [1.807, 2.05) is 18.2 Å². The van der Waals surface area contributed by atoms with Crippen molar-refractivity contribution in [3.63, 3.8) is 0 Å². The molecule has 0 saturated carbocycles. The highest BCUT2D eigenvalue weighted by molar-refractivity contribution is 6.17. The van der Waals surface area contributed by atoms with Crippen LogP contribution >= 0.6 is 11.6 Å². The Labute approximate surface area is 76.5 Å². The monoisotopic (exact) mass is 183 g/mol. The van der Waals surface area contributed by atoms with E-state index < -0.39 is 0 Å². The molecule has 2 nitrogen and oxygen atoms in total. The summed E-state index contributed by atoms with van der Waals surface area (Å²) in [7, 11) is 0. The zero-order valence-electron chi connectivity index (χ0n) is 6.64. The standard InChI is InChI=1S/C9H10ClNO/c10-6-7-1-2-9-8(5-7)11-3-4-12-9/h1-2,5,11H,3-4,6H2. The Morgan fingerprint density at radius 3 is 3.25 bits per heavy atom. The molecule has 0 aromatic heterocycles. The van der Waals surface area contributed by atoms with Crippen LogP contribution in [0.5, 0.6) is 5.75 Å². The first-order valence-electron chi connectivity index (χ1n) is 3.96. The second kappa shape index (κ2) is 3.23. The fourth-order valence-electron chi connectivity index (χ4n) is 1.27. The lowest BCUT2D eigenvalue weighted by molar-refractivity contribution is 0.323. The summed E-state index contributed by atoms with van der Waals surface area (Å²) in [5, 5.41) is 3.25. The Kier molecular flexibility index (Phi) is 2.09. The normalized spacial score (nSPS) is 14.4. The van der Waals surface area contributed by atoms with E-state index in [2.05, 4.69) is 5.32 Å². The maximum absolute atomic E-state index is 5.70. The van der Waals surface area contributed by atoms with Crippen LogP contribution in [0.4, 0.5) is 5.69 Å². The maximum atomic E-state index is 5.70. The first kappa shape index (κ1) is 7.74. The summed E-state index contributed by atoms with van der Waals surface area (Å²) in [5.41, 5.74) is 2.17. The average Bonchev–Trinajstić information content (AvgIpc) is 2.17. The summed E-state index contributed by atoms with van der Waals surface area (Å²) in [6.07, 6.45) is 0. The lowest BCUT2D eigenvalue weighted by Crippen LogP contribution is -2.17. The number of alkyl halides is 1. The Morgan fingerprint density at radius 2 is 2.42 bits per heavy atom. The topological polar surface area (TPSA) is 21.3 Å². The molecule has 0 fully saturated rings. The SMILES string of the molecule is ClCc1ccc2c(c1)NCCO2. The molecule has 0 saturated heterocycles. The zero-order valence-corrected chi connectivity index (χ0v) is 7.40. The Bertz CT molecular complexity index is 288. The van der Waals surface area contributed by atoms with Crippen molar-refractivity contribution in [2.75, 3.05) is 18.5 Å². The predicted molar refractivity (Wildman–Crippen MR) is 50.0 cm³/mol. The molecule has 12 heavy (non-hydrogen) atoms. The third kappa shape index (κ3) is 1.34. The molecule has 1 heterocycles. The van der Waals surface area contributed by atoms with Crippen molar-refractivity contribution in [1.29, 1.82) is 0 Å². The van der Waals surface area contributed by atoms with E-state index in [1.54, 1.807) is 0 Å². The Hall–Kier alpha value is -0.890. The number of nitrogens with one attached hydrogen (secondary N) is 1. The summed E-state index contributed by atoms with van der Waals surface area (Å²) in [5.74, 6) is 1.48. The Balaban J connectivity index is 2.36. The molecule has 64 valence electrons. The molecule has 1 aromatic rings. The van der Waals surface area contributed by atoms with Crippen LogP contribution in [-0.4, -0.2) is 13.2 Å². The third-order valence-corrected chi connectivity index (χ3v) is 2.18. The van der Waals surface area contributed by atoms with Crippen LogP contribution in [0.25, 0.3) is 0 Å². The minimum absolute atomic E-state index is 0.551. The van der Waals surface area contributed by atoms with Gasteiger partial charge in [-0.05, 0) is 17.7 Å². The van der Waals surface area contributed by atoms with Gasteiger partial charge in [0.25, 0.3) is 0 Å². The van der Waals surface area contributed by atoms with E-state index in [1.165, 1.54) is 0 Å². The molecule has 0 unspecified atom stereocenters. The van der Waals surface area contributed by atoms with Crippen LogP contribution in [-0.2, 0) is 5.88 Å². The molecule has 1 aliphatic rings. The highest BCUT2D eigenvalue weighted by Crippen LogP contribution is 2.28. The van der Waals surface area contributed by atoms with E-state index in [0.29, 0.717) is 5.88 Å². The van der Waals surface area contributed by atoms with Crippen molar-refractivity contribution in [3.8, 4) is 5.75 Å². The molecule has 1 aliphatic heterocycles. The van der Waals surface area contributed by atoms with Crippen molar-refractivity contribution in [3.05, 3.63) is 23.8 Å². The molecule has 0 amide bonds. The number of fused-ring (bicyclic) bond motifs is 1. The minimum atomic E-state index is 0.551. The van der Waals surface area contributed by atoms with Gasteiger partial charge in [-0.3, -0.25) is 0 Å². The van der Waals surface area contributed by atoms with Crippen LogP contribution in [0.15, 0.2) is 18.2 Å². The van der Waals surface area contributed by atoms with Crippen LogP contribution in [0.2, 0.25) is 0 Å². The van der Waals surface area contributed by atoms with Gasteiger partial charge in [-0.15, -0.1) is 11.6 Å². The van der Waals surface area contributed by atoms with Crippen molar-refractivity contribution < 1.29 is 4.74 Å². The molecule has 0 radical (unpaired) electrons. The summed E-state index contributed by atoms with van der Waals surface area (Å²) in [6, 6.07) is 5.97. The van der Waals surface area contributed by atoms with E-state index in [-0.39, 0.29) is 0 Å². The lowest BCUT2D eigenvalue weighted by Gasteiger charge is -2.19. The van der Waals surface area contributed by atoms with E-state index >= 15 is 0 Å². The smallest absolute Gasteiger partial charge is 0.142 e. The van der Waals surface area contributed by atoms with Crippen LogP contribution in [0.1, 0.15) is 5.56 Å².